The van der Waals surface area contributed by atoms with Gasteiger partial charge in [-0.15, -0.1) is 11.0 Å². The van der Waals surface area contributed by atoms with Gasteiger partial charge in [0.25, 0.3) is 0 Å². The number of nitrogens with one attached hydrogen (secondary N) is 2. The molecule has 0 fully saturated rings. The van der Waals surface area contributed by atoms with Gasteiger partial charge in [0.2, 0.25) is 0 Å². The van der Waals surface area contributed by atoms with E-state index in [1.165, 1.54) is 0 Å². The molecule has 132 valence electrons. The number of para-hydroxylation sites is 1. The van der Waals surface area contributed by atoms with Gasteiger partial charge in [-0.1, -0.05) is 42.5 Å². The predicted octanol–water partition coefficient (Wildman–Crippen LogP) is 6.43. The van der Waals surface area contributed by atoms with Gasteiger partial charge >= 0.3 is 35.3 Å². The Morgan fingerprint density at radius 3 is 2.39 bits per heavy atom. The number of anilines is 1. The van der Waals surface area contributed by atoms with Gasteiger partial charge in [-0.3, -0.25) is 0 Å². The summed E-state index contributed by atoms with van der Waals surface area (Å²) >= 11 is -0.472. The van der Waals surface area contributed by atoms with Gasteiger partial charge in [0.05, 0.1) is 6.04 Å². The number of fused-ring (bicyclic) bond motifs is 2. The average Bonchev–Trinajstić information content (AvgIpc) is 2.49. The molecule has 1 unspecified atom stereocenters. The smallest absolute Gasteiger partial charge is 0.0689 e. The van der Waals surface area contributed by atoms with Crippen LogP contribution in [-0.4, -0.2) is 6.04 Å². The Bertz CT molecular complexity index is 581. The summed E-state index contributed by atoms with van der Waals surface area (Å²) < 4.78 is 0. The Morgan fingerprint density at radius 1 is 1.22 bits per heavy atom. The first-order valence-corrected chi connectivity index (χ1v) is 11.3. The summed E-state index contributed by atoms with van der Waals surface area (Å²) in [6.45, 7) is 0. The molecular weight excluding hydrogens is 524 g/mol. The number of halogens is 2. The van der Waals surface area contributed by atoms with Crippen molar-refractivity contribution in [2.45, 2.75) is 6.04 Å². The minimum absolute atomic E-state index is 0. The van der Waals surface area contributed by atoms with E-state index in [1.54, 1.807) is 0 Å². The molecule has 1 aliphatic carbocycles. The van der Waals surface area contributed by atoms with Crippen LogP contribution < -0.4 is 5.32 Å². The zero-order chi connectivity index (χ0) is 15.7. The van der Waals surface area contributed by atoms with Gasteiger partial charge in [0.1, 0.15) is 0 Å². The maximum absolute atomic E-state index is 8.13. The molecule has 0 spiro atoms. The largest absolute Gasteiger partial charge is 0.698 e. The molecule has 0 saturated heterocycles. The van der Waals surface area contributed by atoms with Crippen molar-refractivity contribution in [3.8, 4) is 0 Å². The molecular formula is C13H15Cl2N5O2Pt-4. The van der Waals surface area contributed by atoms with E-state index in [0.717, 1.165) is 22.2 Å². The first-order valence-electron chi connectivity index (χ1n) is 5.63. The van der Waals surface area contributed by atoms with E-state index >= 15 is 0 Å². The Morgan fingerprint density at radius 2 is 1.78 bits per heavy atom. The number of nitrogens with two attached hydrogens (primary N) is 2. The maximum atomic E-state index is 8.13. The van der Waals surface area contributed by atoms with Crippen LogP contribution in [-0.2, 0) is 16.5 Å². The number of hydrogen-bond acceptors (Lipinski definition) is 4. The van der Waals surface area contributed by atoms with Crippen molar-refractivity contribution in [3.63, 3.8) is 0 Å². The van der Waals surface area contributed by atoms with Crippen molar-refractivity contribution in [2.24, 2.45) is 5.34 Å². The van der Waals surface area contributed by atoms with Gasteiger partial charge in [0, 0.05) is 5.69 Å². The van der Waals surface area contributed by atoms with Crippen molar-refractivity contribution in [2.75, 3.05) is 5.32 Å². The number of allylic oxidation sites excluding steroid dienone is 2. The molecule has 3 rings (SSSR count). The summed E-state index contributed by atoms with van der Waals surface area (Å²) in [7, 11) is 9.75. The third kappa shape index (κ3) is 6.72. The average molecular weight is 539 g/mol. The van der Waals surface area contributed by atoms with E-state index in [1.807, 2.05) is 42.5 Å². The van der Waals surface area contributed by atoms with Crippen LogP contribution in [0.5, 0.6) is 0 Å². The van der Waals surface area contributed by atoms with E-state index < -0.39 is 16.5 Å². The van der Waals surface area contributed by atoms with Gasteiger partial charge in [-0.25, -0.2) is 0 Å². The van der Waals surface area contributed by atoms with Gasteiger partial charge in [-0.2, -0.15) is 0 Å². The summed E-state index contributed by atoms with van der Waals surface area (Å²) in [4.78, 5) is 8.00. The zero-order valence-corrected chi connectivity index (χ0v) is 15.5. The second-order valence-electron chi connectivity index (χ2n) is 3.86. The van der Waals surface area contributed by atoms with E-state index in [9.17, 15) is 0 Å². The van der Waals surface area contributed by atoms with Crippen LogP contribution in [0.3, 0.4) is 0 Å². The van der Waals surface area contributed by atoms with Crippen LogP contribution in [0.4, 0.5) is 5.69 Å². The summed E-state index contributed by atoms with van der Waals surface area (Å²) in [5.41, 5.74) is 11.9. The summed E-state index contributed by atoms with van der Waals surface area (Å²) in [6.07, 6.45) is 8.09. The van der Waals surface area contributed by atoms with Gasteiger partial charge in [0.15, 0.2) is 0 Å². The second-order valence-corrected chi connectivity index (χ2v) is 7.14. The fourth-order valence-electron chi connectivity index (χ4n) is 2.06. The summed E-state index contributed by atoms with van der Waals surface area (Å²) in [5.74, 6) is 0. The molecule has 1 heterocycles. The van der Waals surface area contributed by atoms with Crippen molar-refractivity contribution in [3.05, 3.63) is 87.9 Å². The van der Waals surface area contributed by atoms with E-state index in [-0.39, 0.29) is 18.3 Å². The van der Waals surface area contributed by atoms with Crippen molar-refractivity contribution in [1.82, 2.24) is 0 Å². The van der Waals surface area contributed by atoms with E-state index in [2.05, 4.69) is 11.4 Å². The van der Waals surface area contributed by atoms with Crippen molar-refractivity contribution >= 4 is 30.2 Å². The number of benzene rings is 1. The monoisotopic (exact) mass is 538 g/mol. The van der Waals surface area contributed by atoms with Gasteiger partial charge < -0.3 is 33.5 Å². The fraction of sp³-hybridized carbons (Fsp3) is 0.0769. The predicted molar refractivity (Wildman–Crippen MR) is 94.8 cm³/mol. The Balaban J connectivity index is 0. The normalized spacial score (nSPS) is 15.8. The second kappa shape index (κ2) is 13.1. The Hall–Kier alpha value is -1.37. The molecule has 0 amide bonds. The molecule has 1 aromatic rings. The van der Waals surface area contributed by atoms with Crippen LogP contribution in [0.15, 0.2) is 59.5 Å². The minimum atomic E-state index is -0.472. The van der Waals surface area contributed by atoms with E-state index in [0.29, 0.717) is 5.70 Å². The van der Waals surface area contributed by atoms with Crippen LogP contribution >= 0.6 is 18.8 Å². The van der Waals surface area contributed by atoms with Gasteiger partial charge in [-0.05, 0) is 17.2 Å². The van der Waals surface area contributed by atoms with Crippen LogP contribution in [0.1, 0.15) is 5.56 Å². The van der Waals surface area contributed by atoms with Crippen LogP contribution in [0.25, 0.3) is 23.7 Å². The standard InChI is InChI=1S/C13H11N2.2ClH.HNO2.2H2N.Pt/c14-13-9-5-1-3-7-11(9)15-12-8-4-2-6-10(12)13;;;2-1-3;;;/h1-8,11,14-15H;2*1H;(H,2,3);2*1H2;/q-1;;;;2*-1;+2/p-3. The summed E-state index contributed by atoms with van der Waals surface area (Å²) in [5, 5.41) is 12.4. The van der Waals surface area contributed by atoms with Crippen LogP contribution in [0, 0.1) is 10.1 Å². The molecule has 10 heteroatoms. The molecule has 0 bridgehead atoms. The molecule has 2 aliphatic rings. The molecule has 6 N–H and O–H groups in total. The summed E-state index contributed by atoms with van der Waals surface area (Å²) in [6, 6.07) is 8.13. The molecule has 0 saturated carbocycles. The SMILES string of the molecule is O=N[O-].[Cl][Pt][Cl].[NH-]C1=C2C=CC=CC2Nc2ccccc21.[NH2-].[NH2-]. The van der Waals surface area contributed by atoms with Crippen LogP contribution in [0.2, 0.25) is 0 Å². The minimum Gasteiger partial charge on any atom is -0.698 e. The molecule has 0 radical (unpaired) electrons. The van der Waals surface area contributed by atoms with Crippen molar-refractivity contribution in [1.29, 1.82) is 0 Å². The molecule has 1 aliphatic heterocycles. The number of nitrogens with zero attached hydrogens (tertiary/aromatic N) is 1. The topological polar surface area (TPSA) is 155 Å². The first kappa shape index (κ1) is 23.9. The molecule has 1 atom stereocenters. The number of rotatable bonds is 0. The number of hydrogen-bond donors (Lipinski definition) is 1. The quantitative estimate of drug-likeness (QED) is 0.298. The molecule has 1 aromatic carbocycles. The van der Waals surface area contributed by atoms with E-state index in [4.69, 9.17) is 34.7 Å². The Kier molecular flexibility index (Phi) is 13.6. The molecule has 7 nitrogen and oxygen atoms in total. The third-order valence-corrected chi connectivity index (χ3v) is 2.82. The molecule has 23 heavy (non-hydrogen) atoms. The molecule has 0 aromatic heterocycles. The zero-order valence-electron chi connectivity index (χ0n) is 11.7. The first-order chi connectivity index (χ1) is 10.2. The van der Waals surface area contributed by atoms with Crippen molar-refractivity contribution < 1.29 is 16.5 Å². The third-order valence-electron chi connectivity index (χ3n) is 2.82. The fourth-order valence-corrected chi connectivity index (χ4v) is 2.06. The maximum Gasteiger partial charge on any atom is 0.0689 e. The Labute approximate surface area is 151 Å².